The average Bonchev–Trinajstić information content (AvgIpc) is 3.11. The normalized spacial score (nSPS) is 21.0. The number of imidazole rings is 1. The van der Waals surface area contributed by atoms with Gasteiger partial charge in [0.2, 0.25) is 0 Å². The summed E-state index contributed by atoms with van der Waals surface area (Å²) < 4.78 is 8.88. The fourth-order valence-corrected chi connectivity index (χ4v) is 3.68. The molecule has 1 saturated carbocycles. The third kappa shape index (κ3) is 2.92. The van der Waals surface area contributed by atoms with Crippen LogP contribution in [0.15, 0.2) is 29.3 Å². The number of ether oxygens (including phenoxy) is 1. The fourth-order valence-electron chi connectivity index (χ4n) is 3.68. The predicted octanol–water partition coefficient (Wildman–Crippen LogP) is 1.53. The number of carbonyl (C=O) groups is 1. The largest absolute Gasteiger partial charge is 0.386 e. The molecule has 0 aromatic carbocycles. The molecule has 3 N–H and O–H groups in total. The first-order valence-electron chi connectivity index (χ1n) is 9.49. The molecule has 2 aliphatic rings. The van der Waals surface area contributed by atoms with Gasteiger partial charge in [-0.3, -0.25) is 9.36 Å². The first-order chi connectivity index (χ1) is 14.0. The lowest BCUT2D eigenvalue weighted by molar-refractivity contribution is -0.0323. The number of anilines is 3. The molecule has 0 spiro atoms. The first-order valence-corrected chi connectivity index (χ1v) is 9.49. The second kappa shape index (κ2) is 6.59. The van der Waals surface area contributed by atoms with Crippen molar-refractivity contribution in [2.24, 2.45) is 7.05 Å². The maximum absolute atomic E-state index is 12.8. The quantitative estimate of drug-likeness (QED) is 0.572. The van der Waals surface area contributed by atoms with Gasteiger partial charge in [-0.2, -0.15) is 0 Å². The zero-order valence-electron chi connectivity index (χ0n) is 16.1. The zero-order chi connectivity index (χ0) is 20.1. The van der Waals surface area contributed by atoms with Crippen LogP contribution < -0.4 is 21.5 Å². The highest BCUT2D eigenvalue weighted by Crippen LogP contribution is 2.28. The molecular formula is C19H21N7O3. The van der Waals surface area contributed by atoms with Crippen molar-refractivity contribution in [3.8, 4) is 0 Å². The number of hydrogen-bond acceptors (Lipinski definition) is 7. The minimum atomic E-state index is -0.291. The van der Waals surface area contributed by atoms with E-state index in [1.807, 2.05) is 6.07 Å². The lowest BCUT2D eigenvalue weighted by Gasteiger charge is -2.36. The van der Waals surface area contributed by atoms with Gasteiger partial charge in [-0.25, -0.2) is 19.3 Å². The number of pyridine rings is 2. The van der Waals surface area contributed by atoms with Crippen LogP contribution in [0.4, 0.5) is 22.1 Å². The van der Waals surface area contributed by atoms with Gasteiger partial charge < -0.3 is 20.7 Å². The van der Waals surface area contributed by atoms with Crippen molar-refractivity contribution in [1.29, 1.82) is 0 Å². The second-order valence-electron chi connectivity index (χ2n) is 7.35. The highest BCUT2D eigenvalue weighted by molar-refractivity contribution is 5.94. The van der Waals surface area contributed by atoms with Gasteiger partial charge in [0.25, 0.3) is 5.56 Å². The van der Waals surface area contributed by atoms with E-state index in [0.717, 1.165) is 24.1 Å². The van der Waals surface area contributed by atoms with Crippen molar-refractivity contribution in [1.82, 2.24) is 24.4 Å². The summed E-state index contributed by atoms with van der Waals surface area (Å²) in [4.78, 5) is 34.2. The molecule has 1 aliphatic heterocycles. The van der Waals surface area contributed by atoms with Gasteiger partial charge in [0, 0.05) is 26.2 Å². The van der Waals surface area contributed by atoms with E-state index < -0.39 is 0 Å². The summed E-state index contributed by atoms with van der Waals surface area (Å²) >= 11 is 0. The molecule has 10 heteroatoms. The maximum Gasteiger partial charge on any atom is 0.328 e. The Morgan fingerprint density at radius 2 is 2.10 bits per heavy atom. The van der Waals surface area contributed by atoms with Crippen LogP contribution >= 0.6 is 0 Å². The predicted molar refractivity (Wildman–Crippen MR) is 108 cm³/mol. The molecule has 150 valence electrons. The third-order valence-electron chi connectivity index (χ3n) is 5.56. The molecule has 1 aliphatic carbocycles. The summed E-state index contributed by atoms with van der Waals surface area (Å²) in [5.41, 5.74) is 2.36. The molecule has 5 rings (SSSR count). The smallest absolute Gasteiger partial charge is 0.328 e. The van der Waals surface area contributed by atoms with E-state index in [9.17, 15) is 9.59 Å². The molecule has 0 radical (unpaired) electrons. The molecule has 4 heterocycles. The Morgan fingerprint density at radius 1 is 1.24 bits per heavy atom. The lowest BCUT2D eigenvalue weighted by atomic mass is 9.89. The summed E-state index contributed by atoms with van der Waals surface area (Å²) in [5, 5.41) is 9.28. The summed E-state index contributed by atoms with van der Waals surface area (Å²) in [6, 6.07) is 4.86. The number of rotatable bonds is 1. The number of amides is 1. The Morgan fingerprint density at radius 3 is 2.86 bits per heavy atom. The Labute approximate surface area is 165 Å². The van der Waals surface area contributed by atoms with E-state index in [0.29, 0.717) is 29.4 Å². The lowest BCUT2D eigenvalue weighted by Crippen LogP contribution is -2.52. The van der Waals surface area contributed by atoms with Gasteiger partial charge in [0.05, 0.1) is 24.4 Å². The molecule has 1 amide bonds. The summed E-state index contributed by atoms with van der Waals surface area (Å²) in [6.45, 7) is 0.298. The number of aromatic nitrogens is 4. The van der Waals surface area contributed by atoms with Crippen LogP contribution in [0.1, 0.15) is 18.4 Å². The van der Waals surface area contributed by atoms with E-state index in [2.05, 4.69) is 25.9 Å². The van der Waals surface area contributed by atoms with E-state index in [1.54, 1.807) is 26.2 Å². The van der Waals surface area contributed by atoms with Gasteiger partial charge >= 0.3 is 6.03 Å². The fraction of sp³-hybridized carbons (Fsp3) is 0.368. The van der Waals surface area contributed by atoms with E-state index in [-0.39, 0.29) is 23.7 Å². The zero-order valence-corrected chi connectivity index (χ0v) is 16.1. The van der Waals surface area contributed by atoms with Crippen molar-refractivity contribution < 1.29 is 9.53 Å². The summed E-state index contributed by atoms with van der Waals surface area (Å²) in [7, 11) is 3.47. The van der Waals surface area contributed by atoms with Gasteiger partial charge in [-0.05, 0) is 24.5 Å². The standard InChI is InChI=1S/C19H21N7O3/c1-20-12-7-14-23-15-5-10(6-16(27)25(15)2)8-29-13-4-3-11(13)22-19(28)26-9-21-17(12)18(26)24-14/h5-7,9,11,13H,3-4,8H2,1-2H3,(H,22,28)(H2,20,23,24)/t11-,13-/m1/s1. The molecule has 0 saturated heterocycles. The van der Waals surface area contributed by atoms with Crippen molar-refractivity contribution in [3.63, 3.8) is 0 Å². The molecule has 2 atom stereocenters. The number of fused-ring (bicyclic) bond motifs is 4. The molecule has 4 bridgehead atoms. The molecule has 0 unspecified atom stereocenters. The number of carbonyl (C=O) groups excluding carboxylic acids is 1. The van der Waals surface area contributed by atoms with Crippen molar-refractivity contribution in [3.05, 3.63) is 40.4 Å². The van der Waals surface area contributed by atoms with Crippen LogP contribution in [0, 0.1) is 0 Å². The van der Waals surface area contributed by atoms with Crippen LogP contribution in [0.3, 0.4) is 0 Å². The second-order valence-corrected chi connectivity index (χ2v) is 7.35. The Bertz CT molecular complexity index is 1180. The van der Waals surface area contributed by atoms with Crippen molar-refractivity contribution in [2.75, 3.05) is 17.7 Å². The number of nitrogens with zero attached hydrogens (tertiary/aromatic N) is 4. The number of nitrogens with one attached hydrogen (secondary N) is 3. The monoisotopic (exact) mass is 395 g/mol. The average molecular weight is 395 g/mol. The van der Waals surface area contributed by atoms with Gasteiger partial charge in [0.1, 0.15) is 23.5 Å². The van der Waals surface area contributed by atoms with Gasteiger partial charge in [-0.15, -0.1) is 0 Å². The van der Waals surface area contributed by atoms with Gasteiger partial charge in [-0.1, -0.05) is 0 Å². The van der Waals surface area contributed by atoms with E-state index in [4.69, 9.17) is 4.74 Å². The SMILES string of the molecule is CNc1cc2nc3c1ncn3C(=O)N[C@@H]1CC[C@H]1OCc1cc(n(C)c(=O)c1)N2. The third-order valence-corrected chi connectivity index (χ3v) is 5.56. The van der Waals surface area contributed by atoms with E-state index in [1.165, 1.54) is 15.5 Å². The Balaban J connectivity index is 1.69. The summed E-state index contributed by atoms with van der Waals surface area (Å²) in [6.07, 6.45) is 3.08. The van der Waals surface area contributed by atoms with Crippen molar-refractivity contribution in [2.45, 2.75) is 31.6 Å². The molecule has 3 aromatic rings. The molecular weight excluding hydrogens is 374 g/mol. The number of hydrogen-bond donors (Lipinski definition) is 3. The van der Waals surface area contributed by atoms with Crippen LogP contribution in [0.25, 0.3) is 11.2 Å². The Hall–Kier alpha value is -3.40. The summed E-state index contributed by atoms with van der Waals surface area (Å²) in [5.74, 6) is 1.07. The molecule has 3 aromatic heterocycles. The Kier molecular flexibility index (Phi) is 4.02. The molecule has 10 nitrogen and oxygen atoms in total. The van der Waals surface area contributed by atoms with E-state index >= 15 is 0 Å². The highest BCUT2D eigenvalue weighted by atomic mass is 16.5. The van der Waals surface area contributed by atoms with Crippen LogP contribution in [-0.4, -0.2) is 44.3 Å². The highest BCUT2D eigenvalue weighted by Gasteiger charge is 2.34. The van der Waals surface area contributed by atoms with Crippen LogP contribution in [0.5, 0.6) is 0 Å². The maximum atomic E-state index is 12.8. The molecule has 29 heavy (non-hydrogen) atoms. The van der Waals surface area contributed by atoms with Gasteiger partial charge in [0.15, 0.2) is 5.65 Å². The van der Waals surface area contributed by atoms with Crippen LogP contribution in [0.2, 0.25) is 0 Å². The molecule has 1 fully saturated rings. The van der Waals surface area contributed by atoms with Crippen LogP contribution in [-0.2, 0) is 18.4 Å². The minimum absolute atomic E-state index is 0.0843. The first kappa shape index (κ1) is 17.7. The minimum Gasteiger partial charge on any atom is -0.386 e. The van der Waals surface area contributed by atoms with Crippen molar-refractivity contribution >= 4 is 34.5 Å². The topological polar surface area (TPSA) is 115 Å².